The normalized spacial score (nSPS) is 10.3. The van der Waals surface area contributed by atoms with Gasteiger partial charge in [-0.3, -0.25) is 4.79 Å². The van der Waals surface area contributed by atoms with Gasteiger partial charge in [-0.1, -0.05) is 44.2 Å². The number of carbonyl (C=O) groups excluding carboxylic acids is 1. The molecule has 0 fully saturated rings. The number of hydrogen-bond acceptors (Lipinski definition) is 2. The van der Waals surface area contributed by atoms with Crippen LogP contribution in [0.4, 0.5) is 0 Å². The van der Waals surface area contributed by atoms with Gasteiger partial charge in [0.1, 0.15) is 5.75 Å². The Labute approximate surface area is 134 Å². The van der Waals surface area contributed by atoms with Crippen LogP contribution in [-0.2, 0) is 4.79 Å². The van der Waals surface area contributed by atoms with Crippen LogP contribution in [-0.4, -0.2) is 19.1 Å². The quantitative estimate of drug-likeness (QED) is 0.654. The molecule has 0 atom stereocenters. The standard InChI is InChI=1S/C15H21BrClNO2/c1-2-3-4-5-6-9-18-15(19)11-20-14-8-7-12(17)10-13(14)16/h7-8,10H,2-6,9,11H2,1H3,(H,18,19). The molecule has 0 aliphatic rings. The summed E-state index contributed by atoms with van der Waals surface area (Å²) in [6, 6.07) is 5.21. The van der Waals surface area contributed by atoms with Crippen molar-refractivity contribution >= 4 is 33.4 Å². The summed E-state index contributed by atoms with van der Waals surface area (Å²) in [5, 5.41) is 3.48. The molecule has 0 heterocycles. The van der Waals surface area contributed by atoms with E-state index in [4.69, 9.17) is 16.3 Å². The summed E-state index contributed by atoms with van der Waals surface area (Å²) in [4.78, 5) is 11.6. The molecule has 112 valence electrons. The Morgan fingerprint density at radius 3 is 2.75 bits per heavy atom. The average molecular weight is 363 g/mol. The van der Waals surface area contributed by atoms with Crippen molar-refractivity contribution in [2.75, 3.05) is 13.2 Å². The molecule has 1 aromatic rings. The van der Waals surface area contributed by atoms with E-state index in [1.807, 2.05) is 0 Å². The molecule has 1 rings (SSSR count). The third kappa shape index (κ3) is 7.15. The first kappa shape index (κ1) is 17.3. The summed E-state index contributed by atoms with van der Waals surface area (Å²) < 4.78 is 6.18. The molecule has 0 aliphatic carbocycles. The third-order valence-electron chi connectivity index (χ3n) is 2.86. The summed E-state index contributed by atoms with van der Waals surface area (Å²) in [5.41, 5.74) is 0. The van der Waals surface area contributed by atoms with E-state index < -0.39 is 0 Å². The van der Waals surface area contributed by atoms with Crippen LogP contribution in [0.15, 0.2) is 22.7 Å². The molecule has 5 heteroatoms. The second-order valence-electron chi connectivity index (χ2n) is 4.63. The summed E-state index contributed by atoms with van der Waals surface area (Å²) in [6.45, 7) is 2.93. The van der Waals surface area contributed by atoms with Gasteiger partial charge in [0.25, 0.3) is 5.91 Å². The molecule has 1 aromatic carbocycles. The van der Waals surface area contributed by atoms with Gasteiger partial charge in [-0.15, -0.1) is 0 Å². The average Bonchev–Trinajstić information content (AvgIpc) is 2.41. The van der Waals surface area contributed by atoms with Crippen LogP contribution in [0.3, 0.4) is 0 Å². The predicted octanol–water partition coefficient (Wildman–Crippen LogP) is 4.57. The van der Waals surface area contributed by atoms with Crippen LogP contribution < -0.4 is 10.1 Å². The Kier molecular flexibility index (Phi) is 8.70. The summed E-state index contributed by atoms with van der Waals surface area (Å²) in [6.07, 6.45) is 5.92. The van der Waals surface area contributed by atoms with Crippen molar-refractivity contribution in [3.63, 3.8) is 0 Å². The maximum absolute atomic E-state index is 11.6. The van der Waals surface area contributed by atoms with Crippen molar-refractivity contribution < 1.29 is 9.53 Å². The van der Waals surface area contributed by atoms with Gasteiger partial charge < -0.3 is 10.1 Å². The highest BCUT2D eigenvalue weighted by molar-refractivity contribution is 9.10. The molecular formula is C15H21BrClNO2. The van der Waals surface area contributed by atoms with Crippen LogP contribution in [0, 0.1) is 0 Å². The van der Waals surface area contributed by atoms with Crippen molar-refractivity contribution in [1.82, 2.24) is 5.32 Å². The van der Waals surface area contributed by atoms with E-state index in [2.05, 4.69) is 28.2 Å². The number of carbonyl (C=O) groups is 1. The minimum Gasteiger partial charge on any atom is -0.483 e. The van der Waals surface area contributed by atoms with Crippen molar-refractivity contribution in [3.8, 4) is 5.75 Å². The van der Waals surface area contributed by atoms with E-state index in [1.54, 1.807) is 18.2 Å². The fraction of sp³-hybridized carbons (Fsp3) is 0.533. The minimum absolute atomic E-state index is 0.0230. The first-order valence-electron chi connectivity index (χ1n) is 6.98. The zero-order valence-corrected chi connectivity index (χ0v) is 14.1. The van der Waals surface area contributed by atoms with Gasteiger partial charge in [-0.25, -0.2) is 0 Å². The van der Waals surface area contributed by atoms with Gasteiger partial charge in [0.15, 0.2) is 6.61 Å². The van der Waals surface area contributed by atoms with E-state index in [-0.39, 0.29) is 12.5 Å². The largest absolute Gasteiger partial charge is 0.483 e. The van der Waals surface area contributed by atoms with Crippen molar-refractivity contribution in [2.45, 2.75) is 39.0 Å². The molecule has 0 aromatic heterocycles. The molecular weight excluding hydrogens is 342 g/mol. The fourth-order valence-electron chi connectivity index (χ4n) is 1.74. The Hall–Kier alpha value is -0.740. The van der Waals surface area contributed by atoms with E-state index in [0.717, 1.165) is 17.3 Å². The lowest BCUT2D eigenvalue weighted by atomic mass is 10.1. The third-order valence-corrected chi connectivity index (χ3v) is 3.71. The number of rotatable bonds is 9. The summed E-state index contributed by atoms with van der Waals surface area (Å²) >= 11 is 9.18. The molecule has 0 bridgehead atoms. The van der Waals surface area contributed by atoms with Crippen molar-refractivity contribution in [2.24, 2.45) is 0 Å². The molecule has 0 unspecified atom stereocenters. The Bertz CT molecular complexity index is 426. The van der Waals surface area contributed by atoms with Gasteiger partial charge in [0.2, 0.25) is 0 Å². The molecule has 3 nitrogen and oxygen atoms in total. The topological polar surface area (TPSA) is 38.3 Å². The molecule has 0 aliphatic heterocycles. The molecule has 0 saturated heterocycles. The maximum Gasteiger partial charge on any atom is 0.257 e. The van der Waals surface area contributed by atoms with Crippen LogP contribution in [0.2, 0.25) is 5.02 Å². The maximum atomic E-state index is 11.6. The molecule has 20 heavy (non-hydrogen) atoms. The second kappa shape index (κ2) is 10.1. The fourth-order valence-corrected chi connectivity index (χ4v) is 2.54. The number of hydrogen-bond donors (Lipinski definition) is 1. The second-order valence-corrected chi connectivity index (χ2v) is 5.92. The van der Waals surface area contributed by atoms with Gasteiger partial charge in [0.05, 0.1) is 4.47 Å². The van der Waals surface area contributed by atoms with Crippen LogP contribution in [0.25, 0.3) is 0 Å². The molecule has 0 spiro atoms. The first-order chi connectivity index (χ1) is 9.63. The lowest BCUT2D eigenvalue weighted by Crippen LogP contribution is -2.29. The predicted molar refractivity (Wildman–Crippen MR) is 86.4 cm³/mol. The summed E-state index contributed by atoms with van der Waals surface area (Å²) in [7, 11) is 0. The molecule has 1 amide bonds. The lowest BCUT2D eigenvalue weighted by Gasteiger charge is -2.09. The van der Waals surface area contributed by atoms with Gasteiger partial charge in [-0.05, 0) is 40.5 Å². The molecule has 0 radical (unpaired) electrons. The number of amides is 1. The monoisotopic (exact) mass is 361 g/mol. The number of benzene rings is 1. The van der Waals surface area contributed by atoms with E-state index in [1.165, 1.54) is 19.3 Å². The zero-order chi connectivity index (χ0) is 14.8. The minimum atomic E-state index is -0.0951. The Morgan fingerprint density at radius 2 is 2.05 bits per heavy atom. The van der Waals surface area contributed by atoms with Crippen molar-refractivity contribution in [3.05, 3.63) is 27.7 Å². The summed E-state index contributed by atoms with van der Waals surface area (Å²) in [5.74, 6) is 0.523. The smallest absolute Gasteiger partial charge is 0.257 e. The molecule has 1 N–H and O–H groups in total. The number of nitrogens with one attached hydrogen (secondary N) is 1. The highest BCUT2D eigenvalue weighted by atomic mass is 79.9. The Balaban J connectivity index is 2.16. The lowest BCUT2D eigenvalue weighted by molar-refractivity contribution is -0.123. The van der Waals surface area contributed by atoms with Gasteiger partial charge in [0, 0.05) is 11.6 Å². The molecule has 0 saturated carbocycles. The number of ether oxygens (including phenoxy) is 1. The number of unbranched alkanes of at least 4 members (excludes halogenated alkanes) is 4. The van der Waals surface area contributed by atoms with E-state index in [0.29, 0.717) is 17.3 Å². The van der Waals surface area contributed by atoms with Gasteiger partial charge >= 0.3 is 0 Å². The van der Waals surface area contributed by atoms with Crippen molar-refractivity contribution in [1.29, 1.82) is 0 Å². The first-order valence-corrected chi connectivity index (χ1v) is 8.15. The van der Waals surface area contributed by atoms with Crippen LogP contribution in [0.5, 0.6) is 5.75 Å². The highest BCUT2D eigenvalue weighted by Gasteiger charge is 2.05. The van der Waals surface area contributed by atoms with E-state index in [9.17, 15) is 4.79 Å². The van der Waals surface area contributed by atoms with Crippen LogP contribution >= 0.6 is 27.5 Å². The number of halogens is 2. The SMILES string of the molecule is CCCCCCCNC(=O)COc1ccc(Cl)cc1Br. The highest BCUT2D eigenvalue weighted by Crippen LogP contribution is 2.27. The van der Waals surface area contributed by atoms with E-state index >= 15 is 0 Å². The van der Waals surface area contributed by atoms with Gasteiger partial charge in [-0.2, -0.15) is 0 Å². The van der Waals surface area contributed by atoms with Crippen LogP contribution in [0.1, 0.15) is 39.0 Å². The zero-order valence-electron chi connectivity index (χ0n) is 11.8. The Morgan fingerprint density at radius 1 is 1.30 bits per heavy atom.